The van der Waals surface area contributed by atoms with Crippen molar-refractivity contribution in [3.8, 4) is 22.8 Å². The number of rotatable bonds is 6. The van der Waals surface area contributed by atoms with Crippen LogP contribution in [0.4, 0.5) is 0 Å². The fraction of sp³-hybridized carbons (Fsp3) is 0.231. The van der Waals surface area contributed by atoms with E-state index in [0.717, 1.165) is 28.0 Å². The number of amides is 1. The van der Waals surface area contributed by atoms with Crippen molar-refractivity contribution in [3.63, 3.8) is 0 Å². The third-order valence-corrected chi connectivity index (χ3v) is 5.75. The van der Waals surface area contributed by atoms with Crippen molar-refractivity contribution < 1.29 is 19.0 Å². The number of morpholine rings is 1. The molecule has 1 aliphatic rings. The van der Waals surface area contributed by atoms with E-state index >= 15 is 0 Å². The van der Waals surface area contributed by atoms with Gasteiger partial charge in [0.1, 0.15) is 0 Å². The summed E-state index contributed by atoms with van der Waals surface area (Å²) in [5, 5.41) is 0.677. The molecule has 1 amide bonds. The molecule has 1 aliphatic heterocycles. The maximum absolute atomic E-state index is 13.1. The molecular formula is C26H25ClN2O4. The van der Waals surface area contributed by atoms with Gasteiger partial charge in [0, 0.05) is 41.5 Å². The molecule has 6 nitrogen and oxygen atoms in total. The lowest BCUT2D eigenvalue weighted by atomic mass is 9.97. The van der Waals surface area contributed by atoms with Gasteiger partial charge >= 0.3 is 0 Å². The van der Waals surface area contributed by atoms with E-state index in [9.17, 15) is 4.79 Å². The monoisotopic (exact) mass is 464 g/mol. The molecule has 2 heterocycles. The van der Waals surface area contributed by atoms with Crippen molar-refractivity contribution in [1.82, 2.24) is 9.88 Å². The van der Waals surface area contributed by atoms with E-state index in [-0.39, 0.29) is 5.91 Å². The molecule has 33 heavy (non-hydrogen) atoms. The first kappa shape index (κ1) is 22.8. The molecule has 4 rings (SSSR count). The summed E-state index contributed by atoms with van der Waals surface area (Å²) in [6, 6.07) is 17.0. The predicted molar refractivity (Wildman–Crippen MR) is 129 cm³/mol. The zero-order chi connectivity index (χ0) is 23.2. The highest BCUT2D eigenvalue weighted by Crippen LogP contribution is 2.33. The maximum atomic E-state index is 13.1. The van der Waals surface area contributed by atoms with Crippen LogP contribution in [0.25, 0.3) is 16.8 Å². The van der Waals surface area contributed by atoms with Gasteiger partial charge in [-0.3, -0.25) is 9.78 Å². The smallest absolute Gasteiger partial charge is 0.247 e. The van der Waals surface area contributed by atoms with Crippen LogP contribution < -0.4 is 9.47 Å². The Labute approximate surface area is 198 Å². The molecule has 170 valence electrons. The molecule has 0 aliphatic carbocycles. The van der Waals surface area contributed by atoms with Gasteiger partial charge in [-0.05, 0) is 41.5 Å². The van der Waals surface area contributed by atoms with Gasteiger partial charge < -0.3 is 19.1 Å². The van der Waals surface area contributed by atoms with E-state index in [4.69, 9.17) is 25.8 Å². The molecule has 0 atom stereocenters. The van der Waals surface area contributed by atoms with Crippen LogP contribution in [0.2, 0.25) is 5.02 Å². The van der Waals surface area contributed by atoms with E-state index in [0.29, 0.717) is 42.8 Å². The number of hydrogen-bond acceptors (Lipinski definition) is 5. The standard InChI is InChI=1S/C26H25ClN2O4/c1-31-24-10-6-19(15-25(24)32-2)22(16-26(30)29-11-13-33-14-12-29)20-5-9-23(28-17-20)18-3-7-21(27)8-4-18/h3-10,15-17H,11-14H2,1-2H3/b22-16+. The molecule has 3 aromatic rings. The minimum absolute atomic E-state index is 0.0649. The Balaban J connectivity index is 1.73. The SMILES string of the molecule is COc1ccc(/C(=C\C(=O)N2CCOCC2)c2ccc(-c3ccc(Cl)cc3)nc2)cc1OC. The summed E-state index contributed by atoms with van der Waals surface area (Å²) in [5.41, 5.74) is 4.19. The molecule has 0 N–H and O–H groups in total. The van der Waals surface area contributed by atoms with Crippen molar-refractivity contribution in [2.45, 2.75) is 0 Å². The van der Waals surface area contributed by atoms with Gasteiger partial charge in [0.2, 0.25) is 5.91 Å². The Morgan fingerprint density at radius 3 is 2.30 bits per heavy atom. The second-order valence-electron chi connectivity index (χ2n) is 7.50. The number of carbonyl (C=O) groups is 1. The van der Waals surface area contributed by atoms with E-state index in [1.165, 1.54) is 0 Å². The molecule has 0 spiro atoms. The highest BCUT2D eigenvalue weighted by molar-refractivity contribution is 6.30. The second kappa shape index (κ2) is 10.5. The van der Waals surface area contributed by atoms with E-state index < -0.39 is 0 Å². The van der Waals surface area contributed by atoms with E-state index in [2.05, 4.69) is 4.98 Å². The summed E-state index contributed by atoms with van der Waals surface area (Å²) in [4.78, 5) is 19.5. The molecule has 0 bridgehead atoms. The van der Waals surface area contributed by atoms with Crippen LogP contribution in [0, 0.1) is 0 Å². The van der Waals surface area contributed by atoms with Gasteiger partial charge in [-0.1, -0.05) is 35.9 Å². The molecule has 1 saturated heterocycles. The minimum atomic E-state index is -0.0649. The Hall–Kier alpha value is -3.35. The van der Waals surface area contributed by atoms with Crippen LogP contribution in [0.5, 0.6) is 11.5 Å². The van der Waals surface area contributed by atoms with Gasteiger partial charge in [-0.15, -0.1) is 0 Å². The topological polar surface area (TPSA) is 60.9 Å². The first-order chi connectivity index (χ1) is 16.1. The minimum Gasteiger partial charge on any atom is -0.493 e. The summed E-state index contributed by atoms with van der Waals surface area (Å²) in [6.07, 6.45) is 3.44. The fourth-order valence-corrected chi connectivity index (χ4v) is 3.81. The first-order valence-electron chi connectivity index (χ1n) is 10.6. The number of pyridine rings is 1. The number of methoxy groups -OCH3 is 2. The Kier molecular flexibility index (Phi) is 7.27. The van der Waals surface area contributed by atoms with Gasteiger partial charge in [-0.25, -0.2) is 0 Å². The number of halogens is 1. The summed E-state index contributed by atoms with van der Waals surface area (Å²) in [6.45, 7) is 2.23. The average molecular weight is 465 g/mol. The third-order valence-electron chi connectivity index (χ3n) is 5.50. The molecule has 0 radical (unpaired) electrons. The molecular weight excluding hydrogens is 440 g/mol. The van der Waals surface area contributed by atoms with Crippen LogP contribution in [-0.2, 0) is 9.53 Å². The average Bonchev–Trinajstić information content (AvgIpc) is 2.88. The van der Waals surface area contributed by atoms with E-state index in [1.54, 1.807) is 31.4 Å². The molecule has 0 unspecified atom stereocenters. The summed E-state index contributed by atoms with van der Waals surface area (Å²) < 4.78 is 16.2. The van der Waals surface area contributed by atoms with Crippen LogP contribution in [0.1, 0.15) is 11.1 Å². The third kappa shape index (κ3) is 5.35. The summed E-state index contributed by atoms with van der Waals surface area (Å²) >= 11 is 6.00. The lowest BCUT2D eigenvalue weighted by Crippen LogP contribution is -2.39. The highest BCUT2D eigenvalue weighted by Gasteiger charge is 2.18. The second-order valence-corrected chi connectivity index (χ2v) is 7.94. The zero-order valence-electron chi connectivity index (χ0n) is 18.6. The lowest BCUT2D eigenvalue weighted by Gasteiger charge is -2.26. The van der Waals surface area contributed by atoms with Crippen molar-refractivity contribution in [2.24, 2.45) is 0 Å². The largest absolute Gasteiger partial charge is 0.493 e. The number of carbonyl (C=O) groups excluding carboxylic acids is 1. The Morgan fingerprint density at radius 1 is 0.970 bits per heavy atom. The lowest BCUT2D eigenvalue weighted by molar-refractivity contribution is -0.129. The molecule has 7 heteroatoms. The molecule has 1 aromatic heterocycles. The zero-order valence-corrected chi connectivity index (χ0v) is 19.3. The van der Waals surface area contributed by atoms with Crippen molar-refractivity contribution >= 4 is 23.1 Å². The van der Waals surface area contributed by atoms with Crippen molar-refractivity contribution in [3.05, 3.63) is 83.0 Å². The predicted octanol–water partition coefficient (Wildman–Crippen LogP) is 4.71. The van der Waals surface area contributed by atoms with Crippen LogP contribution >= 0.6 is 11.6 Å². The number of hydrogen-bond donors (Lipinski definition) is 0. The molecule has 1 fully saturated rings. The van der Waals surface area contributed by atoms with E-state index in [1.807, 2.05) is 54.6 Å². The number of aromatic nitrogens is 1. The normalized spacial score (nSPS) is 14.2. The Morgan fingerprint density at radius 2 is 1.67 bits per heavy atom. The summed E-state index contributed by atoms with van der Waals surface area (Å²) in [5.74, 6) is 1.15. The maximum Gasteiger partial charge on any atom is 0.247 e. The molecule has 2 aromatic carbocycles. The van der Waals surface area contributed by atoms with Crippen LogP contribution in [0.15, 0.2) is 66.9 Å². The number of nitrogens with zero attached hydrogens (tertiary/aromatic N) is 2. The van der Waals surface area contributed by atoms with Crippen molar-refractivity contribution in [2.75, 3.05) is 40.5 Å². The van der Waals surface area contributed by atoms with Crippen molar-refractivity contribution in [1.29, 1.82) is 0 Å². The van der Waals surface area contributed by atoms with Gasteiger partial charge in [0.25, 0.3) is 0 Å². The fourth-order valence-electron chi connectivity index (χ4n) is 3.68. The van der Waals surface area contributed by atoms with Crippen LogP contribution in [-0.4, -0.2) is 56.3 Å². The van der Waals surface area contributed by atoms with Gasteiger partial charge in [0.15, 0.2) is 11.5 Å². The van der Waals surface area contributed by atoms with Gasteiger partial charge in [0.05, 0.1) is 33.1 Å². The summed E-state index contributed by atoms with van der Waals surface area (Å²) in [7, 11) is 3.18. The first-order valence-corrected chi connectivity index (χ1v) is 11.0. The van der Waals surface area contributed by atoms with Gasteiger partial charge in [-0.2, -0.15) is 0 Å². The quantitative estimate of drug-likeness (QED) is 0.494. The highest BCUT2D eigenvalue weighted by atomic mass is 35.5. The number of benzene rings is 2. The van der Waals surface area contributed by atoms with Crippen LogP contribution in [0.3, 0.4) is 0 Å². The molecule has 0 saturated carbocycles. The Bertz CT molecular complexity index is 1140. The number of ether oxygens (including phenoxy) is 3.